The Morgan fingerprint density at radius 2 is 0.818 bits per heavy atom. The van der Waals surface area contributed by atoms with Crippen LogP contribution in [0.15, 0.2) is 99.9 Å². The summed E-state index contributed by atoms with van der Waals surface area (Å²) in [6.45, 7) is 45.1. The van der Waals surface area contributed by atoms with E-state index >= 15 is 0 Å². The number of carbonyl (C=O) groups is 3. The first-order chi connectivity index (χ1) is 56.3. The van der Waals surface area contributed by atoms with Gasteiger partial charge in [0.15, 0.2) is 21.7 Å². The number of H-pyrrole nitrogens is 4. The van der Waals surface area contributed by atoms with Crippen molar-refractivity contribution in [3.8, 4) is 22.9 Å². The van der Waals surface area contributed by atoms with Crippen LogP contribution in [0.4, 0.5) is 25.8 Å². The molecule has 8 aromatic heterocycles. The number of aliphatic hydroxyl groups is 1. The number of carbonyl (C=O) groups excluding carboxylic acids is 3. The first-order valence-corrected chi connectivity index (χ1v) is 42.1. The van der Waals surface area contributed by atoms with Gasteiger partial charge < -0.3 is 96.8 Å². The maximum absolute atomic E-state index is 12.7. The highest BCUT2D eigenvalue weighted by Crippen LogP contribution is 2.42. The normalized spacial score (nSPS) is 21.8. The third kappa shape index (κ3) is 23.2. The molecule has 0 radical (unpaired) electrons. The molecule has 7 fully saturated rings. The van der Waals surface area contributed by atoms with Gasteiger partial charge in [0.1, 0.15) is 98.5 Å². The Labute approximate surface area is 750 Å². The highest BCUT2D eigenvalue weighted by atomic mass is 79.9. The number of piperidine rings is 3. The number of nitrogens with one attached hydrogen (secondary N) is 4. The molecule has 7 aliphatic rings. The summed E-state index contributed by atoms with van der Waals surface area (Å²) < 4.78 is 60.6. The molecule has 0 spiro atoms. The smallest absolute Gasteiger partial charge is 0.496 e. The standard InChI is InChI=1S/C25H26ClN5O4.C18H23BrN4O4.C13H15BClNO2.C12H21NO4.2C6H3BrClN3.CH4.HP/c1-25(2,3)35-24(32)31-9-14-11-33-12-15(10-31)22(14)34-23-21-20(29-13-30-23)18(8-28-21)17-6-5-16(27-4)7-19(17)26;1-18(2,3)27-17(24)23-5-10-7-25-8-11(6-23)15(10)26-16-14-13(21-9-22-16)12(19)4-20-14;1-12(2)13(3,4)18-14(17-12)10-7-6-9(16-5)8-11(10)15;1-12(2,3)17-11(15)13-4-8-6-16-7-9(5-13)10(8)14;2*7-3-1-9-5-4(3)10-2-11-6(5)8;;/h5-8,13-15,22,28H,9-12H2,1-3H3;4,9-11,15,20H,5-8H2,1-3H3;6-8H,1-4H3;8-10,14H,4-7H2,1-3H3;2*1-2,9H;1H4;1H/q;;;;;;;-2. The predicted molar refractivity (Wildman–Crippen MR) is 476 cm³/mol. The average Bonchev–Trinajstić information content (AvgIpc) is 1.71. The number of ether oxygens (including phenoxy) is 8. The lowest BCUT2D eigenvalue weighted by molar-refractivity contribution is -0.122. The quantitative estimate of drug-likeness (QED) is 0.0339. The monoisotopic (exact) mass is 1950 g/mol. The average molecular weight is 1960 g/mol. The number of hydrogen-bond acceptors (Lipinski definition) is 22. The van der Waals surface area contributed by atoms with Gasteiger partial charge in [-0.2, -0.15) is 9.97 Å². The fourth-order valence-electron chi connectivity index (χ4n) is 14.3. The molecule has 7 saturated heterocycles. The van der Waals surface area contributed by atoms with Crippen molar-refractivity contribution < 1.29 is 66.7 Å². The maximum Gasteiger partial charge on any atom is 0.496 e. The number of benzene rings is 2. The number of rotatable bonds is 6. The second-order valence-electron chi connectivity index (χ2n) is 33.4. The molecule has 3 amide bonds. The zero-order valence-corrected chi connectivity index (χ0v) is 76.8. The van der Waals surface area contributed by atoms with Crippen molar-refractivity contribution in [3.05, 3.63) is 143 Å². The lowest BCUT2D eigenvalue weighted by atomic mass is 9.79. The van der Waals surface area contributed by atoms with Gasteiger partial charge in [0.05, 0.1) is 83.5 Å². The molecule has 0 aliphatic carbocycles. The second kappa shape index (κ2) is 40.0. The molecule has 31 nitrogen and oxygen atoms in total. The van der Waals surface area contributed by atoms with Crippen LogP contribution >= 0.6 is 104 Å². The van der Waals surface area contributed by atoms with Crippen LogP contribution < -0.4 is 14.9 Å². The molecular weight excluding hydrogens is 1860 g/mol. The van der Waals surface area contributed by atoms with E-state index in [1.807, 2.05) is 108 Å². The summed E-state index contributed by atoms with van der Waals surface area (Å²) in [6, 6.07) is 10.3. The van der Waals surface area contributed by atoms with Gasteiger partial charge in [0, 0.05) is 121 Å². The molecule has 17 rings (SSSR count). The van der Waals surface area contributed by atoms with Gasteiger partial charge in [-0.3, -0.25) is 0 Å². The van der Waals surface area contributed by atoms with Crippen molar-refractivity contribution in [1.82, 2.24) is 74.5 Å². The number of hydrogen-bond donors (Lipinski definition) is 5. The largest absolute Gasteiger partial charge is 1.51 e. The van der Waals surface area contributed by atoms with Gasteiger partial charge in [-0.25, -0.2) is 54.0 Å². The van der Waals surface area contributed by atoms with E-state index in [0.29, 0.717) is 133 Å². The number of amides is 3. The predicted octanol–water partition coefficient (Wildman–Crippen LogP) is 18.1. The van der Waals surface area contributed by atoms with Crippen molar-refractivity contribution in [2.45, 2.75) is 144 Å². The molecule has 6 atom stereocenters. The number of aromatic amines is 4. The second-order valence-corrected chi connectivity index (χ2v) is 37.5. The van der Waals surface area contributed by atoms with Crippen LogP contribution in [0.2, 0.25) is 20.4 Å². The minimum Gasteiger partial charge on any atom is -1.51 e. The topological polar surface area (TPSA) is 348 Å². The van der Waals surface area contributed by atoms with Crippen molar-refractivity contribution in [3.63, 3.8) is 0 Å². The molecule has 7 aliphatic heterocycles. The van der Waals surface area contributed by atoms with Crippen LogP contribution in [0.1, 0.15) is 97.4 Å². The maximum atomic E-state index is 12.7. The molecule has 5 N–H and O–H groups in total. The lowest BCUT2D eigenvalue weighted by Crippen LogP contribution is -2.59. The third-order valence-electron chi connectivity index (χ3n) is 20.5. The number of aromatic nitrogens is 12. The molecular formula is C81H96BBr3Cl4N17O14P-2. The molecule has 2 aromatic carbocycles. The highest BCUT2D eigenvalue weighted by molar-refractivity contribution is 9.11. The van der Waals surface area contributed by atoms with Crippen LogP contribution in [0.5, 0.6) is 11.8 Å². The first-order valence-electron chi connectivity index (χ1n) is 38.2. The van der Waals surface area contributed by atoms with Crippen LogP contribution in [-0.2, 0) is 37.7 Å². The molecule has 6 unspecified atom stereocenters. The minimum absolute atomic E-state index is 0. The van der Waals surface area contributed by atoms with E-state index in [1.165, 1.54) is 25.3 Å². The van der Waals surface area contributed by atoms with Gasteiger partial charge in [0.2, 0.25) is 11.8 Å². The van der Waals surface area contributed by atoms with E-state index in [0.717, 1.165) is 63.1 Å². The van der Waals surface area contributed by atoms with Crippen LogP contribution in [-0.4, -0.2) is 230 Å². The van der Waals surface area contributed by atoms with E-state index < -0.39 is 23.9 Å². The van der Waals surface area contributed by atoms with E-state index in [2.05, 4.69) is 117 Å². The summed E-state index contributed by atoms with van der Waals surface area (Å²) in [6.07, 6.45) is 11.6. The Morgan fingerprint density at radius 3 is 1.19 bits per heavy atom. The van der Waals surface area contributed by atoms with Crippen LogP contribution in [0.25, 0.3) is 65.0 Å². The SMILES string of the molecule is C.CC(C)(C)OC(=O)N1CC2COCC(C1)C2O.CC(C)(C)OC(=O)N1CC2COCC(C1)C2Oc1ncnc2c(Br)c[nH]c12.Clc1ncnc2c(Br)c[nH]c12.Clc1ncnc2c(Br)c[nH]c12.[C-]#[N+]c1ccc(-c2c[nH]c3c(OC4C5COCC4CN(C(=O)OC(C)(C)C)C5)ncnc23)c(Cl)c1.[C-]#[N+]c1ccc(B2OC(C)(C)C(C)(C)O2)c(Cl)c1.[PH-2]. The lowest BCUT2D eigenvalue weighted by Gasteiger charge is -2.46. The fraction of sp³-hybridized carbons (Fsp3) is 0.494. The third-order valence-corrected chi connectivity index (χ3v) is 23.6. The summed E-state index contributed by atoms with van der Waals surface area (Å²) in [5.41, 5.74) is 7.06. The zero-order chi connectivity index (χ0) is 85.8. The van der Waals surface area contributed by atoms with Gasteiger partial charge in [-0.05, 0) is 155 Å². The van der Waals surface area contributed by atoms with Crippen molar-refractivity contribution in [2.24, 2.45) is 35.5 Å². The molecule has 648 valence electrons. The van der Waals surface area contributed by atoms with Crippen LogP contribution in [0, 0.1) is 48.7 Å². The number of likely N-dealkylation sites (tertiary alicyclic amines) is 3. The van der Waals surface area contributed by atoms with E-state index in [4.69, 9.17) is 107 Å². The van der Waals surface area contributed by atoms with Gasteiger partial charge in [-0.15, -0.1) is 0 Å². The van der Waals surface area contributed by atoms with Crippen molar-refractivity contribution >= 4 is 190 Å². The Kier molecular flexibility index (Phi) is 31.5. The molecule has 0 saturated carbocycles. The molecule has 15 heterocycles. The first kappa shape index (κ1) is 95.4. The zero-order valence-electron chi connectivity index (χ0n) is 68.1. The fourth-order valence-corrected chi connectivity index (χ4v) is 16.4. The van der Waals surface area contributed by atoms with E-state index in [9.17, 15) is 19.5 Å². The number of fused-ring (bicyclic) bond motifs is 10. The van der Waals surface area contributed by atoms with Gasteiger partial charge in [0.25, 0.3) is 0 Å². The summed E-state index contributed by atoms with van der Waals surface area (Å²) in [4.78, 5) is 94.5. The van der Waals surface area contributed by atoms with Crippen LogP contribution in [0.3, 0.4) is 0 Å². The summed E-state index contributed by atoms with van der Waals surface area (Å²) in [5.74, 6) is 1.13. The minimum atomic E-state index is -0.548. The Hall–Kier alpha value is -7.84. The number of aliphatic hydroxyl groups excluding tert-OH is 1. The Morgan fingerprint density at radius 1 is 0.488 bits per heavy atom. The Bertz CT molecular complexity index is 5270. The molecule has 10 aromatic rings. The molecule has 6 bridgehead atoms. The summed E-state index contributed by atoms with van der Waals surface area (Å²) in [7, 11) is -0.484. The van der Waals surface area contributed by atoms with Gasteiger partial charge in [-0.1, -0.05) is 78.1 Å². The van der Waals surface area contributed by atoms with E-state index in [-0.39, 0.29) is 101 Å². The summed E-state index contributed by atoms with van der Waals surface area (Å²) in [5, 5.41) is 11.8. The molecule has 40 heteroatoms. The van der Waals surface area contributed by atoms with E-state index in [1.54, 1.807) is 57.4 Å². The highest BCUT2D eigenvalue weighted by Gasteiger charge is 2.53. The Balaban J connectivity index is 0.000000159. The van der Waals surface area contributed by atoms with Crippen molar-refractivity contribution in [2.75, 3.05) is 78.9 Å². The van der Waals surface area contributed by atoms with Crippen molar-refractivity contribution in [1.29, 1.82) is 0 Å². The number of halogens is 7. The number of nitrogens with zero attached hydrogens (tertiary/aromatic N) is 13. The summed E-state index contributed by atoms with van der Waals surface area (Å²) >= 11 is 34.3. The van der Waals surface area contributed by atoms with Gasteiger partial charge >= 0.3 is 25.4 Å². The molecule has 121 heavy (non-hydrogen) atoms.